The second-order valence-corrected chi connectivity index (χ2v) is 4.43. The van der Waals surface area contributed by atoms with Crippen LogP contribution in [0.4, 0.5) is 0 Å². The van der Waals surface area contributed by atoms with Gasteiger partial charge in [0.2, 0.25) is 0 Å². The quantitative estimate of drug-likeness (QED) is 0.771. The van der Waals surface area contributed by atoms with E-state index in [0.717, 1.165) is 35.4 Å². The second kappa shape index (κ2) is 5.89. The highest BCUT2D eigenvalue weighted by atomic mass is 16.5. The lowest BCUT2D eigenvalue weighted by molar-refractivity contribution is 0.183. The van der Waals surface area contributed by atoms with Crippen LogP contribution in [0, 0.1) is 0 Å². The molecule has 4 heteroatoms. The molecule has 2 N–H and O–H groups in total. The van der Waals surface area contributed by atoms with Crippen molar-refractivity contribution in [2.24, 2.45) is 0 Å². The Morgan fingerprint density at radius 1 is 1.39 bits per heavy atom. The van der Waals surface area contributed by atoms with E-state index in [1.54, 1.807) is 14.0 Å². The number of hydrogen-bond acceptors (Lipinski definition) is 4. The van der Waals surface area contributed by atoms with Crippen molar-refractivity contribution in [3.05, 3.63) is 30.0 Å². The Bertz CT molecular complexity index is 505. The fourth-order valence-corrected chi connectivity index (χ4v) is 1.81. The van der Waals surface area contributed by atoms with Crippen molar-refractivity contribution < 1.29 is 14.3 Å². The van der Waals surface area contributed by atoms with Crippen LogP contribution in [0.15, 0.2) is 28.7 Å². The number of fused-ring (bicyclic) bond motifs is 1. The molecule has 1 heterocycles. The Morgan fingerprint density at radius 3 is 2.94 bits per heavy atom. The highest BCUT2D eigenvalue weighted by molar-refractivity contribution is 5.79. The van der Waals surface area contributed by atoms with Crippen LogP contribution in [0.2, 0.25) is 0 Å². The monoisotopic (exact) mass is 249 g/mol. The predicted octanol–water partition coefficient (Wildman–Crippen LogP) is 2.30. The number of rotatable bonds is 6. The lowest BCUT2D eigenvalue weighted by Crippen LogP contribution is -2.18. The topological polar surface area (TPSA) is 54.6 Å². The molecular formula is C14H19NO3. The van der Waals surface area contributed by atoms with E-state index in [0.29, 0.717) is 6.54 Å². The minimum atomic E-state index is -0.266. The highest BCUT2D eigenvalue weighted by Crippen LogP contribution is 2.23. The van der Waals surface area contributed by atoms with Gasteiger partial charge in [-0.2, -0.15) is 0 Å². The first-order valence-corrected chi connectivity index (χ1v) is 6.14. The van der Waals surface area contributed by atoms with Crippen LogP contribution in [0.5, 0.6) is 5.75 Å². The number of methoxy groups -OCH3 is 1. The van der Waals surface area contributed by atoms with Crippen LogP contribution >= 0.6 is 0 Å². The summed E-state index contributed by atoms with van der Waals surface area (Å²) in [4.78, 5) is 0. The van der Waals surface area contributed by atoms with Crippen LogP contribution in [-0.4, -0.2) is 24.9 Å². The van der Waals surface area contributed by atoms with Crippen molar-refractivity contribution in [3.8, 4) is 5.75 Å². The van der Waals surface area contributed by atoms with Crippen molar-refractivity contribution in [2.45, 2.75) is 26.0 Å². The van der Waals surface area contributed by atoms with Crippen molar-refractivity contribution in [1.82, 2.24) is 5.32 Å². The van der Waals surface area contributed by atoms with Crippen molar-refractivity contribution >= 4 is 11.0 Å². The Hall–Kier alpha value is -1.52. The van der Waals surface area contributed by atoms with Crippen LogP contribution in [0.25, 0.3) is 11.0 Å². The molecule has 1 aromatic heterocycles. The molecule has 1 unspecified atom stereocenters. The summed E-state index contributed by atoms with van der Waals surface area (Å²) in [6, 6.07) is 7.76. The molecule has 0 aliphatic rings. The van der Waals surface area contributed by atoms with E-state index >= 15 is 0 Å². The molecule has 0 fully saturated rings. The number of aliphatic hydroxyl groups excluding tert-OH is 1. The average Bonchev–Trinajstić information content (AvgIpc) is 2.75. The van der Waals surface area contributed by atoms with Gasteiger partial charge in [-0.3, -0.25) is 0 Å². The van der Waals surface area contributed by atoms with E-state index in [1.807, 2.05) is 24.3 Å². The van der Waals surface area contributed by atoms with Gasteiger partial charge in [-0.15, -0.1) is 0 Å². The molecule has 1 atom stereocenters. The molecular weight excluding hydrogens is 230 g/mol. The Morgan fingerprint density at radius 2 is 2.22 bits per heavy atom. The van der Waals surface area contributed by atoms with Crippen molar-refractivity contribution in [1.29, 1.82) is 0 Å². The zero-order valence-corrected chi connectivity index (χ0v) is 10.8. The fraction of sp³-hybridized carbons (Fsp3) is 0.429. The SMILES string of the molecule is COc1ccc2oc(CNCCC(C)O)cc2c1. The third kappa shape index (κ3) is 3.24. The van der Waals surface area contributed by atoms with Gasteiger partial charge in [0.25, 0.3) is 0 Å². The summed E-state index contributed by atoms with van der Waals surface area (Å²) < 4.78 is 10.9. The van der Waals surface area contributed by atoms with Crippen LogP contribution in [-0.2, 0) is 6.54 Å². The molecule has 0 saturated carbocycles. The van der Waals surface area contributed by atoms with Crippen molar-refractivity contribution in [3.63, 3.8) is 0 Å². The zero-order chi connectivity index (χ0) is 13.0. The number of aliphatic hydroxyl groups is 1. The number of nitrogens with one attached hydrogen (secondary N) is 1. The standard InChI is InChI=1S/C14H19NO3/c1-10(16)5-6-15-9-13-8-11-7-12(17-2)3-4-14(11)18-13/h3-4,7-8,10,15-16H,5-6,9H2,1-2H3. The Labute approximate surface area is 107 Å². The molecule has 98 valence electrons. The van der Waals surface area contributed by atoms with E-state index in [-0.39, 0.29) is 6.10 Å². The predicted molar refractivity (Wildman–Crippen MR) is 70.8 cm³/mol. The highest BCUT2D eigenvalue weighted by Gasteiger charge is 2.04. The van der Waals surface area contributed by atoms with Gasteiger partial charge in [0, 0.05) is 5.39 Å². The normalized spacial score (nSPS) is 12.8. The molecule has 0 spiro atoms. The minimum Gasteiger partial charge on any atom is -0.497 e. The van der Waals surface area contributed by atoms with E-state index in [2.05, 4.69) is 5.32 Å². The number of hydrogen-bond donors (Lipinski definition) is 2. The fourth-order valence-electron chi connectivity index (χ4n) is 1.81. The Kier molecular flexibility index (Phi) is 4.23. The lowest BCUT2D eigenvalue weighted by Gasteiger charge is -2.04. The largest absolute Gasteiger partial charge is 0.497 e. The van der Waals surface area contributed by atoms with E-state index in [4.69, 9.17) is 14.3 Å². The minimum absolute atomic E-state index is 0.266. The first kappa shape index (κ1) is 12.9. The summed E-state index contributed by atoms with van der Waals surface area (Å²) in [5.41, 5.74) is 0.864. The van der Waals surface area contributed by atoms with Gasteiger partial charge < -0.3 is 19.6 Å². The molecule has 0 aliphatic heterocycles. The van der Waals surface area contributed by atoms with Gasteiger partial charge in [0.15, 0.2) is 0 Å². The first-order valence-electron chi connectivity index (χ1n) is 6.14. The molecule has 1 aromatic carbocycles. The molecule has 0 aliphatic carbocycles. The smallest absolute Gasteiger partial charge is 0.134 e. The van der Waals surface area contributed by atoms with Crippen LogP contribution in [0.3, 0.4) is 0 Å². The number of ether oxygens (including phenoxy) is 1. The maximum Gasteiger partial charge on any atom is 0.134 e. The molecule has 2 aromatic rings. The zero-order valence-electron chi connectivity index (χ0n) is 10.8. The third-order valence-electron chi connectivity index (χ3n) is 2.81. The van der Waals surface area contributed by atoms with Crippen LogP contribution < -0.4 is 10.1 Å². The average molecular weight is 249 g/mol. The Balaban J connectivity index is 1.97. The van der Waals surface area contributed by atoms with E-state index in [9.17, 15) is 0 Å². The molecule has 0 saturated heterocycles. The first-order chi connectivity index (χ1) is 8.69. The lowest BCUT2D eigenvalue weighted by atomic mass is 10.2. The van der Waals surface area contributed by atoms with Gasteiger partial charge in [-0.1, -0.05) is 0 Å². The molecule has 2 rings (SSSR count). The van der Waals surface area contributed by atoms with E-state index in [1.165, 1.54) is 0 Å². The summed E-state index contributed by atoms with van der Waals surface area (Å²) in [5.74, 6) is 1.72. The summed E-state index contributed by atoms with van der Waals surface area (Å²) in [6.07, 6.45) is 0.478. The van der Waals surface area contributed by atoms with Gasteiger partial charge in [-0.25, -0.2) is 0 Å². The third-order valence-corrected chi connectivity index (χ3v) is 2.81. The maximum atomic E-state index is 9.14. The second-order valence-electron chi connectivity index (χ2n) is 4.43. The summed E-state index contributed by atoms with van der Waals surface area (Å²) >= 11 is 0. The molecule has 0 radical (unpaired) electrons. The molecule has 18 heavy (non-hydrogen) atoms. The summed E-state index contributed by atoms with van der Waals surface area (Å²) in [5, 5.41) is 13.4. The molecule has 0 amide bonds. The van der Waals surface area contributed by atoms with E-state index < -0.39 is 0 Å². The van der Waals surface area contributed by atoms with Crippen LogP contribution in [0.1, 0.15) is 19.1 Å². The van der Waals surface area contributed by atoms with Gasteiger partial charge >= 0.3 is 0 Å². The molecule has 0 bridgehead atoms. The number of furan rings is 1. The van der Waals surface area contributed by atoms with Gasteiger partial charge in [0.1, 0.15) is 17.1 Å². The van der Waals surface area contributed by atoms with Gasteiger partial charge in [-0.05, 0) is 44.2 Å². The van der Waals surface area contributed by atoms with Gasteiger partial charge in [0.05, 0.1) is 19.8 Å². The summed E-state index contributed by atoms with van der Waals surface area (Å²) in [7, 11) is 1.65. The number of benzene rings is 1. The summed E-state index contributed by atoms with van der Waals surface area (Å²) in [6.45, 7) is 3.23. The van der Waals surface area contributed by atoms with Crippen molar-refractivity contribution in [2.75, 3.05) is 13.7 Å². The maximum absolute atomic E-state index is 9.14. The molecule has 4 nitrogen and oxygen atoms in total.